The van der Waals surface area contributed by atoms with E-state index >= 15 is 0 Å². The van der Waals surface area contributed by atoms with Crippen molar-refractivity contribution in [3.05, 3.63) is 53.7 Å². The van der Waals surface area contributed by atoms with Gasteiger partial charge in [0.25, 0.3) is 0 Å². The number of rotatable bonds is 9. The van der Waals surface area contributed by atoms with Gasteiger partial charge in [-0.25, -0.2) is 9.38 Å². The molecule has 0 saturated carbocycles. The third-order valence-corrected chi connectivity index (χ3v) is 3.43. The van der Waals surface area contributed by atoms with Crippen molar-refractivity contribution < 1.29 is 18.3 Å². The standard InChI is InChI=1S/C18H24FN3O3.HI/c1-23-9-7-21-18(20-6-5-16-4-3-8-25-16)22-13-14-10-15(19)12-17(11-14)24-2;/h3-4,8,10-12H,5-7,9,13H2,1-2H3,(H2,20,21,22);1H. The number of aliphatic imine (C=N–C) groups is 1. The number of hydrogen-bond donors (Lipinski definition) is 2. The van der Waals surface area contributed by atoms with Gasteiger partial charge in [-0.2, -0.15) is 0 Å². The second kappa shape index (κ2) is 12.5. The average Bonchev–Trinajstić information content (AvgIpc) is 3.12. The molecule has 0 amide bonds. The summed E-state index contributed by atoms with van der Waals surface area (Å²) in [7, 11) is 3.15. The van der Waals surface area contributed by atoms with E-state index in [0.29, 0.717) is 38.0 Å². The summed E-state index contributed by atoms with van der Waals surface area (Å²) in [4.78, 5) is 4.49. The van der Waals surface area contributed by atoms with E-state index in [1.165, 1.54) is 19.2 Å². The second-order valence-corrected chi connectivity index (χ2v) is 5.34. The van der Waals surface area contributed by atoms with E-state index in [0.717, 1.165) is 17.7 Å². The van der Waals surface area contributed by atoms with Crippen LogP contribution in [0.3, 0.4) is 0 Å². The summed E-state index contributed by atoms with van der Waals surface area (Å²) in [5, 5.41) is 6.40. The van der Waals surface area contributed by atoms with Gasteiger partial charge in [0.1, 0.15) is 17.3 Å². The Morgan fingerprint density at radius 2 is 2.00 bits per heavy atom. The molecule has 0 saturated heterocycles. The van der Waals surface area contributed by atoms with Crippen LogP contribution in [0.2, 0.25) is 0 Å². The molecule has 1 aromatic heterocycles. The van der Waals surface area contributed by atoms with Crippen LogP contribution >= 0.6 is 24.0 Å². The van der Waals surface area contributed by atoms with Crippen LogP contribution in [-0.2, 0) is 17.7 Å². The van der Waals surface area contributed by atoms with Crippen LogP contribution in [0.5, 0.6) is 5.75 Å². The molecule has 26 heavy (non-hydrogen) atoms. The molecule has 0 aliphatic rings. The Balaban J connectivity index is 0.00000338. The molecule has 144 valence electrons. The fourth-order valence-electron chi connectivity index (χ4n) is 2.20. The molecule has 6 nitrogen and oxygen atoms in total. The van der Waals surface area contributed by atoms with E-state index in [1.807, 2.05) is 12.1 Å². The van der Waals surface area contributed by atoms with Gasteiger partial charge in [0.05, 0.1) is 26.5 Å². The van der Waals surface area contributed by atoms with Gasteiger partial charge in [-0.3, -0.25) is 0 Å². The van der Waals surface area contributed by atoms with Crippen molar-refractivity contribution in [1.29, 1.82) is 0 Å². The van der Waals surface area contributed by atoms with Gasteiger partial charge in [0.2, 0.25) is 0 Å². The third kappa shape index (κ3) is 8.05. The molecule has 0 aliphatic heterocycles. The van der Waals surface area contributed by atoms with Crippen LogP contribution in [-0.4, -0.2) is 39.9 Å². The lowest BCUT2D eigenvalue weighted by Crippen LogP contribution is -2.40. The third-order valence-electron chi connectivity index (χ3n) is 3.43. The number of hydrogen-bond acceptors (Lipinski definition) is 4. The van der Waals surface area contributed by atoms with Crippen molar-refractivity contribution in [2.24, 2.45) is 4.99 Å². The highest BCUT2D eigenvalue weighted by Gasteiger charge is 2.03. The summed E-state index contributed by atoms with van der Waals surface area (Å²) in [6.45, 7) is 2.18. The van der Waals surface area contributed by atoms with E-state index < -0.39 is 0 Å². The van der Waals surface area contributed by atoms with Crippen molar-refractivity contribution in [3.8, 4) is 5.75 Å². The Morgan fingerprint density at radius 1 is 1.19 bits per heavy atom. The number of methoxy groups -OCH3 is 2. The molecule has 0 aliphatic carbocycles. The number of ether oxygens (including phenoxy) is 2. The van der Waals surface area contributed by atoms with Crippen LogP contribution in [0.4, 0.5) is 4.39 Å². The second-order valence-electron chi connectivity index (χ2n) is 5.34. The molecule has 8 heteroatoms. The fraction of sp³-hybridized carbons (Fsp3) is 0.389. The Hall–Kier alpha value is -1.81. The van der Waals surface area contributed by atoms with Crippen molar-refractivity contribution >= 4 is 29.9 Å². The van der Waals surface area contributed by atoms with Crippen molar-refractivity contribution in [1.82, 2.24) is 10.6 Å². The van der Waals surface area contributed by atoms with Gasteiger partial charge in [-0.15, -0.1) is 24.0 Å². The van der Waals surface area contributed by atoms with Crippen LogP contribution < -0.4 is 15.4 Å². The lowest BCUT2D eigenvalue weighted by molar-refractivity contribution is 0.203. The molecule has 0 atom stereocenters. The highest BCUT2D eigenvalue weighted by Crippen LogP contribution is 2.16. The summed E-state index contributed by atoms with van der Waals surface area (Å²) < 4.78 is 29.0. The van der Waals surface area contributed by atoms with Crippen LogP contribution in [0.15, 0.2) is 46.0 Å². The molecule has 2 aromatic rings. The fourth-order valence-corrected chi connectivity index (χ4v) is 2.20. The molecule has 0 bridgehead atoms. The molecular weight excluding hydrogens is 452 g/mol. The molecule has 2 rings (SSSR count). The summed E-state index contributed by atoms with van der Waals surface area (Å²) in [6.07, 6.45) is 2.39. The molecule has 0 spiro atoms. The zero-order chi connectivity index (χ0) is 17.9. The summed E-state index contributed by atoms with van der Waals surface area (Å²) in [5.41, 5.74) is 0.732. The van der Waals surface area contributed by atoms with Crippen molar-refractivity contribution in [2.75, 3.05) is 33.9 Å². The summed E-state index contributed by atoms with van der Waals surface area (Å²) >= 11 is 0. The lowest BCUT2D eigenvalue weighted by atomic mass is 10.2. The van der Waals surface area contributed by atoms with E-state index in [1.54, 1.807) is 19.4 Å². The van der Waals surface area contributed by atoms with E-state index in [2.05, 4.69) is 15.6 Å². The van der Waals surface area contributed by atoms with Crippen molar-refractivity contribution in [2.45, 2.75) is 13.0 Å². The SMILES string of the molecule is COCCNC(=NCc1cc(F)cc(OC)c1)NCCc1ccco1.I. The zero-order valence-corrected chi connectivity index (χ0v) is 17.3. The van der Waals surface area contributed by atoms with Gasteiger partial charge in [0.15, 0.2) is 5.96 Å². The molecule has 1 aromatic carbocycles. The highest BCUT2D eigenvalue weighted by atomic mass is 127. The maximum absolute atomic E-state index is 13.6. The first-order valence-electron chi connectivity index (χ1n) is 8.08. The zero-order valence-electron chi connectivity index (χ0n) is 15.0. The predicted octanol–water partition coefficient (Wildman–Crippen LogP) is 2.97. The van der Waals surface area contributed by atoms with Gasteiger partial charge in [-0.1, -0.05) is 0 Å². The highest BCUT2D eigenvalue weighted by molar-refractivity contribution is 14.0. The minimum Gasteiger partial charge on any atom is -0.497 e. The quantitative estimate of drug-likeness (QED) is 0.252. The maximum atomic E-state index is 13.6. The van der Waals surface area contributed by atoms with Crippen LogP contribution in [0.25, 0.3) is 0 Å². The molecule has 1 heterocycles. The first-order valence-corrected chi connectivity index (χ1v) is 8.08. The maximum Gasteiger partial charge on any atom is 0.191 e. The van der Waals surface area contributed by atoms with E-state index in [4.69, 9.17) is 13.9 Å². The topological polar surface area (TPSA) is 68.0 Å². The first-order chi connectivity index (χ1) is 12.2. The van der Waals surface area contributed by atoms with Crippen LogP contribution in [0, 0.1) is 5.82 Å². The van der Waals surface area contributed by atoms with E-state index in [-0.39, 0.29) is 29.8 Å². The Bertz CT molecular complexity index is 666. The normalized spacial score (nSPS) is 11.0. The smallest absolute Gasteiger partial charge is 0.191 e. The van der Waals surface area contributed by atoms with Crippen LogP contribution in [0.1, 0.15) is 11.3 Å². The number of halogens is 2. The number of guanidine groups is 1. The molecule has 0 unspecified atom stereocenters. The summed E-state index contributed by atoms with van der Waals surface area (Å²) in [6, 6.07) is 8.34. The molecule has 2 N–H and O–H groups in total. The Kier molecular flexibility index (Phi) is 10.7. The average molecular weight is 477 g/mol. The van der Waals surface area contributed by atoms with Gasteiger partial charge in [0, 0.05) is 32.7 Å². The lowest BCUT2D eigenvalue weighted by Gasteiger charge is -2.12. The number of furan rings is 1. The largest absolute Gasteiger partial charge is 0.497 e. The van der Waals surface area contributed by atoms with Gasteiger partial charge >= 0.3 is 0 Å². The Morgan fingerprint density at radius 3 is 2.69 bits per heavy atom. The number of nitrogens with zero attached hydrogens (tertiary/aromatic N) is 1. The van der Waals surface area contributed by atoms with Crippen molar-refractivity contribution in [3.63, 3.8) is 0 Å². The Labute approximate surface area is 170 Å². The van der Waals surface area contributed by atoms with Gasteiger partial charge < -0.3 is 24.5 Å². The van der Waals surface area contributed by atoms with Gasteiger partial charge in [-0.05, 0) is 29.8 Å². The summed E-state index contributed by atoms with van der Waals surface area (Å²) in [5.74, 6) is 1.67. The molecular formula is C18H25FIN3O3. The molecule has 0 fully saturated rings. The predicted molar refractivity (Wildman–Crippen MR) is 110 cm³/mol. The first kappa shape index (κ1) is 22.2. The number of nitrogens with one attached hydrogen (secondary N) is 2. The minimum atomic E-state index is -0.343. The van der Waals surface area contributed by atoms with E-state index in [9.17, 15) is 4.39 Å². The molecule has 0 radical (unpaired) electrons. The monoisotopic (exact) mass is 477 g/mol. The number of benzene rings is 1. The minimum absolute atomic E-state index is 0.